The molecule has 1 N–H and O–H groups in total. The molecule has 1 aliphatic carbocycles. The maximum Gasteiger partial charge on any atom is 0.257 e. The molecule has 2 aromatic rings. The molecule has 1 aliphatic heterocycles. The molecule has 26 heavy (non-hydrogen) atoms. The Morgan fingerprint density at radius 2 is 1.96 bits per heavy atom. The van der Waals surface area contributed by atoms with Gasteiger partial charge in [-0.15, -0.1) is 0 Å². The first-order valence-corrected chi connectivity index (χ1v) is 9.45. The molecule has 138 valence electrons. The van der Waals surface area contributed by atoms with E-state index < -0.39 is 0 Å². The van der Waals surface area contributed by atoms with Crippen LogP contribution in [0.1, 0.15) is 58.8 Å². The Bertz CT molecular complexity index is 789. The van der Waals surface area contributed by atoms with Crippen LogP contribution in [-0.2, 0) is 12.8 Å². The predicted octanol–water partition coefficient (Wildman–Crippen LogP) is 2.36. The van der Waals surface area contributed by atoms with Gasteiger partial charge < -0.3 is 14.7 Å². The second kappa shape index (κ2) is 7.05. The minimum atomic E-state index is -0.0842. The molecule has 1 fully saturated rings. The number of aromatic nitrogens is 3. The maximum atomic E-state index is 12.5. The molecule has 0 bridgehead atoms. The molecule has 2 aromatic heterocycles. The normalized spacial score (nSPS) is 17.8. The third-order valence-electron chi connectivity index (χ3n) is 5.49. The fourth-order valence-corrected chi connectivity index (χ4v) is 4.08. The van der Waals surface area contributed by atoms with E-state index in [1.807, 2.05) is 0 Å². The Kier molecular flexibility index (Phi) is 4.61. The van der Waals surface area contributed by atoms with Crippen molar-refractivity contribution in [2.24, 2.45) is 0 Å². The molecule has 0 unspecified atom stereocenters. The van der Waals surface area contributed by atoms with E-state index in [1.54, 1.807) is 20.2 Å². The summed E-state index contributed by atoms with van der Waals surface area (Å²) in [5.74, 6) is 1.59. The van der Waals surface area contributed by atoms with Gasteiger partial charge in [0.1, 0.15) is 23.5 Å². The number of nitrogens with one attached hydrogen (secondary N) is 1. The summed E-state index contributed by atoms with van der Waals surface area (Å²) in [4.78, 5) is 23.9. The van der Waals surface area contributed by atoms with Gasteiger partial charge in [0.25, 0.3) is 5.91 Å². The summed E-state index contributed by atoms with van der Waals surface area (Å²) in [6.45, 7) is 5.37. The number of hydrogen-bond acceptors (Lipinski definition) is 6. The smallest absolute Gasteiger partial charge is 0.257 e. The van der Waals surface area contributed by atoms with Gasteiger partial charge in [0.15, 0.2) is 0 Å². The standard InChI is InChI=1S/C19H25N5O2/c1-12-17(13(2)26-23-12)19(25)22-14-7-9-24(10-8-14)18-15-5-3-4-6-16(15)20-11-21-18/h11,14H,3-10H2,1-2H3,(H,22,25). The Labute approximate surface area is 153 Å². The molecule has 0 atom stereocenters. The lowest BCUT2D eigenvalue weighted by molar-refractivity contribution is 0.0929. The largest absolute Gasteiger partial charge is 0.361 e. The van der Waals surface area contributed by atoms with Crippen LogP contribution in [0.3, 0.4) is 0 Å². The SMILES string of the molecule is Cc1noc(C)c1C(=O)NC1CCN(c2ncnc3c2CCCC3)CC1. The zero-order chi connectivity index (χ0) is 18.1. The second-order valence-corrected chi connectivity index (χ2v) is 7.26. The lowest BCUT2D eigenvalue weighted by atomic mass is 9.95. The first kappa shape index (κ1) is 17.0. The van der Waals surface area contributed by atoms with Gasteiger partial charge >= 0.3 is 0 Å². The van der Waals surface area contributed by atoms with Crippen molar-refractivity contribution in [2.45, 2.75) is 58.4 Å². The molecular weight excluding hydrogens is 330 g/mol. The molecule has 0 spiro atoms. The van der Waals surface area contributed by atoms with Gasteiger partial charge in [0, 0.05) is 30.4 Å². The number of carbonyl (C=O) groups is 1. The quantitative estimate of drug-likeness (QED) is 0.910. The Morgan fingerprint density at radius 1 is 1.19 bits per heavy atom. The average Bonchev–Trinajstić information content (AvgIpc) is 3.00. The highest BCUT2D eigenvalue weighted by atomic mass is 16.5. The van der Waals surface area contributed by atoms with E-state index in [0.29, 0.717) is 17.0 Å². The van der Waals surface area contributed by atoms with Gasteiger partial charge in [-0.25, -0.2) is 9.97 Å². The van der Waals surface area contributed by atoms with Gasteiger partial charge in [-0.1, -0.05) is 5.16 Å². The fourth-order valence-electron chi connectivity index (χ4n) is 4.08. The summed E-state index contributed by atoms with van der Waals surface area (Å²) < 4.78 is 5.10. The molecule has 0 saturated carbocycles. The number of rotatable bonds is 3. The molecule has 0 radical (unpaired) electrons. The summed E-state index contributed by atoms with van der Waals surface area (Å²) in [7, 11) is 0. The van der Waals surface area contributed by atoms with E-state index in [2.05, 4.69) is 25.3 Å². The summed E-state index contributed by atoms with van der Waals surface area (Å²) in [5.41, 5.74) is 3.76. The molecule has 7 heteroatoms. The van der Waals surface area contributed by atoms with E-state index in [4.69, 9.17) is 4.52 Å². The second-order valence-electron chi connectivity index (χ2n) is 7.26. The van der Waals surface area contributed by atoms with Gasteiger partial charge in [0.2, 0.25) is 0 Å². The molecule has 7 nitrogen and oxygen atoms in total. The number of carbonyl (C=O) groups excluding carboxylic acids is 1. The van der Waals surface area contributed by atoms with E-state index in [9.17, 15) is 4.79 Å². The van der Waals surface area contributed by atoms with Crippen LogP contribution >= 0.6 is 0 Å². The lowest BCUT2D eigenvalue weighted by Crippen LogP contribution is -2.45. The third-order valence-corrected chi connectivity index (χ3v) is 5.49. The molecule has 0 aromatic carbocycles. The van der Waals surface area contributed by atoms with Crippen molar-refractivity contribution in [2.75, 3.05) is 18.0 Å². The molecule has 2 aliphatic rings. The minimum Gasteiger partial charge on any atom is -0.361 e. The van der Waals surface area contributed by atoms with E-state index >= 15 is 0 Å². The minimum absolute atomic E-state index is 0.0842. The van der Waals surface area contributed by atoms with Gasteiger partial charge in [0.05, 0.1) is 5.69 Å². The maximum absolute atomic E-state index is 12.5. The first-order chi connectivity index (χ1) is 12.6. The Morgan fingerprint density at radius 3 is 2.69 bits per heavy atom. The highest BCUT2D eigenvalue weighted by Crippen LogP contribution is 2.29. The molecule has 3 heterocycles. The van der Waals surface area contributed by atoms with Crippen LogP contribution in [0, 0.1) is 13.8 Å². The fraction of sp³-hybridized carbons (Fsp3) is 0.579. The average molecular weight is 355 g/mol. The molecule has 1 saturated heterocycles. The summed E-state index contributed by atoms with van der Waals surface area (Å²) in [6, 6.07) is 0.171. The van der Waals surface area contributed by atoms with Gasteiger partial charge in [-0.05, 0) is 52.4 Å². The first-order valence-electron chi connectivity index (χ1n) is 9.45. The predicted molar refractivity (Wildman–Crippen MR) is 97.4 cm³/mol. The van der Waals surface area contributed by atoms with Crippen LogP contribution in [-0.4, -0.2) is 40.2 Å². The number of fused-ring (bicyclic) bond motifs is 1. The summed E-state index contributed by atoms with van der Waals surface area (Å²) in [5, 5.41) is 7.00. The monoisotopic (exact) mass is 355 g/mol. The van der Waals surface area contributed by atoms with Crippen molar-refractivity contribution in [1.82, 2.24) is 20.4 Å². The molecule has 4 rings (SSSR count). The van der Waals surface area contributed by atoms with E-state index in [1.165, 1.54) is 24.1 Å². The highest BCUT2D eigenvalue weighted by Gasteiger charge is 2.27. The number of hydrogen-bond donors (Lipinski definition) is 1. The number of anilines is 1. The number of nitrogens with zero attached hydrogens (tertiary/aromatic N) is 4. The van der Waals surface area contributed by atoms with Crippen molar-refractivity contribution in [1.29, 1.82) is 0 Å². The molecule has 1 amide bonds. The Balaban J connectivity index is 1.40. The van der Waals surface area contributed by atoms with Crippen molar-refractivity contribution >= 4 is 11.7 Å². The zero-order valence-electron chi connectivity index (χ0n) is 15.4. The van der Waals surface area contributed by atoms with Crippen molar-refractivity contribution < 1.29 is 9.32 Å². The van der Waals surface area contributed by atoms with Crippen LogP contribution in [0.15, 0.2) is 10.9 Å². The van der Waals surface area contributed by atoms with Crippen molar-refractivity contribution in [3.05, 3.63) is 34.6 Å². The van der Waals surface area contributed by atoms with Crippen LogP contribution in [0.2, 0.25) is 0 Å². The molecular formula is C19H25N5O2. The van der Waals surface area contributed by atoms with Crippen LogP contribution in [0.25, 0.3) is 0 Å². The van der Waals surface area contributed by atoms with Gasteiger partial charge in [-0.3, -0.25) is 4.79 Å². The lowest BCUT2D eigenvalue weighted by Gasteiger charge is -2.35. The Hall–Kier alpha value is -2.44. The number of aryl methyl sites for hydroxylation is 3. The van der Waals surface area contributed by atoms with Crippen molar-refractivity contribution in [3.8, 4) is 0 Å². The van der Waals surface area contributed by atoms with Crippen LogP contribution in [0.4, 0.5) is 5.82 Å². The highest BCUT2D eigenvalue weighted by molar-refractivity contribution is 5.96. The third kappa shape index (κ3) is 3.18. The number of amides is 1. The topological polar surface area (TPSA) is 84.2 Å². The van der Waals surface area contributed by atoms with Crippen LogP contribution in [0.5, 0.6) is 0 Å². The zero-order valence-corrected chi connectivity index (χ0v) is 15.4. The van der Waals surface area contributed by atoms with Crippen molar-refractivity contribution in [3.63, 3.8) is 0 Å². The van der Waals surface area contributed by atoms with E-state index in [0.717, 1.165) is 44.6 Å². The summed E-state index contributed by atoms with van der Waals surface area (Å²) >= 11 is 0. The van der Waals surface area contributed by atoms with Crippen LogP contribution < -0.4 is 10.2 Å². The number of piperidine rings is 1. The van der Waals surface area contributed by atoms with Gasteiger partial charge in [-0.2, -0.15) is 0 Å². The van der Waals surface area contributed by atoms with E-state index in [-0.39, 0.29) is 11.9 Å². The summed E-state index contributed by atoms with van der Waals surface area (Å²) in [6.07, 6.45) is 8.10.